The number of hydrogen-bond donors (Lipinski definition) is 1. The van der Waals surface area contributed by atoms with Crippen molar-refractivity contribution in [1.82, 2.24) is 5.32 Å². The number of halogens is 1. The van der Waals surface area contributed by atoms with Crippen LogP contribution in [0.3, 0.4) is 0 Å². The topological polar surface area (TPSA) is 21.3 Å². The van der Waals surface area contributed by atoms with Crippen LogP contribution in [0.4, 0.5) is 4.39 Å². The first-order valence-electron chi connectivity index (χ1n) is 7.18. The van der Waals surface area contributed by atoms with E-state index in [1.807, 2.05) is 13.0 Å². The zero-order chi connectivity index (χ0) is 15.4. The van der Waals surface area contributed by atoms with E-state index in [9.17, 15) is 4.39 Å². The maximum atomic E-state index is 14.1. The molecule has 3 heteroatoms. The van der Waals surface area contributed by atoms with Gasteiger partial charge in [0.2, 0.25) is 0 Å². The van der Waals surface area contributed by atoms with Gasteiger partial charge in [0.25, 0.3) is 0 Å². The summed E-state index contributed by atoms with van der Waals surface area (Å²) in [6, 6.07) is 13.2. The Morgan fingerprint density at radius 3 is 2.43 bits per heavy atom. The third-order valence-electron chi connectivity index (χ3n) is 3.71. The van der Waals surface area contributed by atoms with Gasteiger partial charge in [0, 0.05) is 17.6 Å². The predicted octanol–water partition coefficient (Wildman–Crippen LogP) is 4.55. The van der Waals surface area contributed by atoms with Gasteiger partial charge in [0.05, 0.1) is 7.11 Å². The van der Waals surface area contributed by atoms with Crippen LogP contribution >= 0.6 is 0 Å². The predicted molar refractivity (Wildman–Crippen MR) is 84.1 cm³/mol. The van der Waals surface area contributed by atoms with E-state index < -0.39 is 0 Å². The van der Waals surface area contributed by atoms with E-state index >= 15 is 0 Å². The minimum Gasteiger partial charge on any atom is -0.496 e. The van der Waals surface area contributed by atoms with Crippen LogP contribution in [0.1, 0.15) is 42.6 Å². The first-order chi connectivity index (χ1) is 10.0. The van der Waals surface area contributed by atoms with Crippen LogP contribution in [-0.4, -0.2) is 7.11 Å². The van der Waals surface area contributed by atoms with Gasteiger partial charge in [0.1, 0.15) is 11.6 Å². The molecule has 2 aromatic rings. The minimum atomic E-state index is -0.245. The van der Waals surface area contributed by atoms with Gasteiger partial charge in [-0.25, -0.2) is 4.39 Å². The third kappa shape index (κ3) is 3.61. The van der Waals surface area contributed by atoms with Gasteiger partial charge in [-0.1, -0.05) is 35.9 Å². The van der Waals surface area contributed by atoms with Crippen LogP contribution in [-0.2, 0) is 0 Å². The number of aryl methyl sites for hydroxylation is 1. The molecule has 2 aromatic carbocycles. The Labute approximate surface area is 126 Å². The summed E-state index contributed by atoms with van der Waals surface area (Å²) < 4.78 is 19.4. The number of hydrogen-bond acceptors (Lipinski definition) is 2. The fourth-order valence-electron chi connectivity index (χ4n) is 2.61. The summed E-state index contributed by atoms with van der Waals surface area (Å²) >= 11 is 0. The van der Waals surface area contributed by atoms with Crippen molar-refractivity contribution in [1.29, 1.82) is 0 Å². The van der Waals surface area contributed by atoms with Crippen LogP contribution in [0.25, 0.3) is 0 Å². The molecule has 0 amide bonds. The molecule has 2 atom stereocenters. The molecule has 0 aliphatic heterocycles. The van der Waals surface area contributed by atoms with Crippen molar-refractivity contribution in [3.05, 3.63) is 65.0 Å². The van der Waals surface area contributed by atoms with Crippen LogP contribution < -0.4 is 10.1 Å². The highest BCUT2D eigenvalue weighted by Crippen LogP contribution is 2.29. The fraction of sp³-hybridized carbons (Fsp3) is 0.333. The molecule has 0 saturated heterocycles. The number of benzene rings is 2. The molecule has 1 unspecified atom stereocenters. The molecule has 21 heavy (non-hydrogen) atoms. The molecule has 0 aromatic heterocycles. The van der Waals surface area contributed by atoms with Crippen LogP contribution in [0.5, 0.6) is 5.75 Å². The second kappa shape index (κ2) is 6.72. The van der Waals surface area contributed by atoms with Crippen molar-refractivity contribution in [3.63, 3.8) is 0 Å². The molecule has 2 nitrogen and oxygen atoms in total. The van der Waals surface area contributed by atoms with E-state index in [1.54, 1.807) is 19.2 Å². The van der Waals surface area contributed by atoms with E-state index in [0.717, 1.165) is 0 Å². The van der Waals surface area contributed by atoms with Crippen molar-refractivity contribution < 1.29 is 9.13 Å². The summed E-state index contributed by atoms with van der Waals surface area (Å²) in [4.78, 5) is 0. The van der Waals surface area contributed by atoms with E-state index in [-0.39, 0.29) is 17.9 Å². The normalized spacial score (nSPS) is 13.8. The summed E-state index contributed by atoms with van der Waals surface area (Å²) in [6.45, 7) is 6.10. The highest BCUT2D eigenvalue weighted by atomic mass is 19.1. The summed E-state index contributed by atoms with van der Waals surface area (Å²) in [5.74, 6) is 0.331. The zero-order valence-electron chi connectivity index (χ0n) is 13.0. The Morgan fingerprint density at radius 2 is 1.76 bits per heavy atom. The van der Waals surface area contributed by atoms with E-state index in [1.165, 1.54) is 17.2 Å². The minimum absolute atomic E-state index is 0.129. The third-order valence-corrected chi connectivity index (χ3v) is 3.71. The molecule has 0 radical (unpaired) electrons. The molecule has 112 valence electrons. The summed E-state index contributed by atoms with van der Waals surface area (Å²) in [5, 5.41) is 3.44. The Bertz CT molecular complexity index is 612. The molecule has 0 heterocycles. The number of rotatable bonds is 5. The zero-order valence-corrected chi connectivity index (χ0v) is 13.0. The second-order valence-corrected chi connectivity index (χ2v) is 5.38. The van der Waals surface area contributed by atoms with Gasteiger partial charge in [-0.2, -0.15) is 0 Å². The Balaban J connectivity index is 2.20. The lowest BCUT2D eigenvalue weighted by molar-refractivity contribution is 0.387. The first kappa shape index (κ1) is 15.5. The Kier molecular flexibility index (Phi) is 4.97. The summed E-state index contributed by atoms with van der Waals surface area (Å²) in [6.07, 6.45) is 0. The fourth-order valence-corrected chi connectivity index (χ4v) is 2.61. The molecule has 0 spiro atoms. The lowest BCUT2D eigenvalue weighted by Crippen LogP contribution is -2.23. The highest BCUT2D eigenvalue weighted by Gasteiger charge is 2.18. The number of ether oxygens (including phenoxy) is 1. The lowest BCUT2D eigenvalue weighted by Gasteiger charge is -2.23. The van der Waals surface area contributed by atoms with E-state index in [2.05, 4.69) is 37.4 Å². The molecule has 2 rings (SSSR count). The van der Waals surface area contributed by atoms with Crippen LogP contribution in [0, 0.1) is 12.7 Å². The largest absolute Gasteiger partial charge is 0.496 e. The van der Waals surface area contributed by atoms with Crippen LogP contribution in [0.2, 0.25) is 0 Å². The lowest BCUT2D eigenvalue weighted by atomic mass is 10.0. The molecule has 0 aliphatic rings. The van der Waals surface area contributed by atoms with Gasteiger partial charge in [0.15, 0.2) is 0 Å². The monoisotopic (exact) mass is 287 g/mol. The SMILES string of the molecule is COc1cccc(F)c1C(C)N[C@H](C)c1cccc(C)c1. The second-order valence-electron chi connectivity index (χ2n) is 5.38. The highest BCUT2D eigenvalue weighted by molar-refractivity contribution is 5.37. The van der Waals surface area contributed by atoms with Crippen molar-refractivity contribution >= 4 is 0 Å². The van der Waals surface area contributed by atoms with Gasteiger partial charge in [-0.3, -0.25) is 0 Å². The Morgan fingerprint density at radius 1 is 1.05 bits per heavy atom. The van der Waals surface area contributed by atoms with Gasteiger partial charge >= 0.3 is 0 Å². The molecule has 1 N–H and O–H groups in total. The first-order valence-corrected chi connectivity index (χ1v) is 7.18. The van der Waals surface area contributed by atoms with Crippen LogP contribution in [0.15, 0.2) is 42.5 Å². The Hall–Kier alpha value is -1.87. The van der Waals surface area contributed by atoms with Crippen molar-refractivity contribution in [3.8, 4) is 5.75 Å². The summed E-state index contributed by atoms with van der Waals surface area (Å²) in [5.41, 5.74) is 2.98. The number of methoxy groups -OCH3 is 1. The molecule has 0 saturated carbocycles. The summed E-state index contributed by atoms with van der Waals surface area (Å²) in [7, 11) is 1.56. The average molecular weight is 287 g/mol. The van der Waals surface area contributed by atoms with Gasteiger partial charge in [-0.15, -0.1) is 0 Å². The van der Waals surface area contributed by atoms with E-state index in [4.69, 9.17) is 4.74 Å². The van der Waals surface area contributed by atoms with Gasteiger partial charge < -0.3 is 10.1 Å². The van der Waals surface area contributed by atoms with Crippen molar-refractivity contribution in [2.24, 2.45) is 0 Å². The molecule has 0 aliphatic carbocycles. The van der Waals surface area contributed by atoms with E-state index in [0.29, 0.717) is 11.3 Å². The average Bonchev–Trinajstić information content (AvgIpc) is 2.46. The maximum absolute atomic E-state index is 14.1. The number of nitrogens with one attached hydrogen (secondary N) is 1. The smallest absolute Gasteiger partial charge is 0.131 e. The van der Waals surface area contributed by atoms with Crippen molar-refractivity contribution in [2.45, 2.75) is 32.9 Å². The van der Waals surface area contributed by atoms with Crippen molar-refractivity contribution in [2.75, 3.05) is 7.11 Å². The van der Waals surface area contributed by atoms with Gasteiger partial charge in [-0.05, 0) is 38.5 Å². The molecule has 0 fully saturated rings. The molecular weight excluding hydrogens is 265 g/mol. The molecular formula is C18H22FNO. The molecule has 0 bridgehead atoms. The quantitative estimate of drug-likeness (QED) is 0.870. The standard InChI is InChI=1S/C18H22FNO/c1-12-7-5-8-15(11-12)13(2)20-14(3)18-16(19)9-6-10-17(18)21-4/h5-11,13-14,20H,1-4H3/t13-,14?/m1/s1. The maximum Gasteiger partial charge on any atom is 0.131 e.